The number of nitrogens with zero attached hydrogens (tertiary/aromatic N) is 2. The van der Waals surface area contributed by atoms with Crippen LogP contribution in [0.15, 0.2) is 41.2 Å². The van der Waals surface area contributed by atoms with Crippen LogP contribution in [0, 0.1) is 0 Å². The van der Waals surface area contributed by atoms with Gasteiger partial charge in [0.2, 0.25) is 0 Å². The lowest BCUT2D eigenvalue weighted by atomic mass is 10.1. The predicted molar refractivity (Wildman–Crippen MR) is 66.2 cm³/mol. The van der Waals surface area contributed by atoms with Gasteiger partial charge < -0.3 is 5.11 Å². The van der Waals surface area contributed by atoms with Gasteiger partial charge in [-0.1, -0.05) is 19.1 Å². The van der Waals surface area contributed by atoms with Gasteiger partial charge in [-0.2, -0.15) is 9.78 Å². The summed E-state index contributed by atoms with van der Waals surface area (Å²) in [7, 11) is 0. The summed E-state index contributed by atoms with van der Waals surface area (Å²) in [5.41, 5.74) is 1.18. The molecule has 2 rings (SSSR count). The Labute approximate surface area is 103 Å². The molecule has 0 bridgehead atoms. The van der Waals surface area contributed by atoms with Crippen LogP contribution in [0.4, 0.5) is 0 Å². The molecule has 1 heterocycles. The van der Waals surface area contributed by atoms with Gasteiger partial charge in [-0.25, -0.2) is 4.79 Å². The molecule has 0 aliphatic heterocycles. The standard InChI is InChI=1S/C13H12N2O3/c1-2-9-3-5-10(6-4-9)15-12(16)8-7-11(14-15)13(17)18/h3-8H,2H2,1H3,(H,17,18). The molecule has 0 amide bonds. The molecule has 1 aromatic heterocycles. The zero-order chi connectivity index (χ0) is 13.1. The van der Waals surface area contributed by atoms with Crippen LogP contribution in [0.25, 0.3) is 5.69 Å². The number of carboxylic acids is 1. The van der Waals surface area contributed by atoms with Crippen LogP contribution in [-0.2, 0) is 6.42 Å². The lowest BCUT2D eigenvalue weighted by Gasteiger charge is -2.05. The van der Waals surface area contributed by atoms with E-state index in [1.165, 1.54) is 12.1 Å². The van der Waals surface area contributed by atoms with Gasteiger partial charge in [0.05, 0.1) is 5.69 Å². The molecule has 0 spiro atoms. The Kier molecular flexibility index (Phi) is 3.23. The van der Waals surface area contributed by atoms with Crippen molar-refractivity contribution in [1.29, 1.82) is 0 Å². The highest BCUT2D eigenvalue weighted by atomic mass is 16.4. The van der Waals surface area contributed by atoms with Gasteiger partial charge in [-0.05, 0) is 30.2 Å². The van der Waals surface area contributed by atoms with E-state index in [2.05, 4.69) is 5.10 Å². The first-order valence-corrected chi connectivity index (χ1v) is 5.55. The summed E-state index contributed by atoms with van der Waals surface area (Å²) in [6.45, 7) is 2.03. The maximum Gasteiger partial charge on any atom is 0.356 e. The molecule has 0 radical (unpaired) electrons. The van der Waals surface area contributed by atoms with Gasteiger partial charge in [0, 0.05) is 6.07 Å². The maximum absolute atomic E-state index is 11.7. The number of rotatable bonds is 3. The van der Waals surface area contributed by atoms with E-state index >= 15 is 0 Å². The summed E-state index contributed by atoms with van der Waals surface area (Å²) in [4.78, 5) is 22.5. The average molecular weight is 244 g/mol. The Morgan fingerprint density at radius 2 is 1.89 bits per heavy atom. The van der Waals surface area contributed by atoms with Gasteiger partial charge in [0.25, 0.3) is 5.56 Å². The molecular weight excluding hydrogens is 232 g/mol. The van der Waals surface area contributed by atoms with Crippen molar-refractivity contribution in [1.82, 2.24) is 9.78 Å². The zero-order valence-corrected chi connectivity index (χ0v) is 9.83. The fraction of sp³-hybridized carbons (Fsp3) is 0.154. The summed E-state index contributed by atoms with van der Waals surface area (Å²) >= 11 is 0. The van der Waals surface area contributed by atoms with Crippen molar-refractivity contribution in [3.05, 3.63) is 58.0 Å². The van der Waals surface area contributed by atoms with Crippen molar-refractivity contribution in [2.45, 2.75) is 13.3 Å². The SMILES string of the molecule is CCc1ccc(-n2nc(C(=O)O)ccc2=O)cc1. The number of carbonyl (C=O) groups is 1. The van der Waals surface area contributed by atoms with Gasteiger partial charge in [-0.3, -0.25) is 4.79 Å². The smallest absolute Gasteiger partial charge is 0.356 e. The molecule has 18 heavy (non-hydrogen) atoms. The number of aryl methyl sites for hydroxylation is 1. The Morgan fingerprint density at radius 3 is 2.44 bits per heavy atom. The van der Waals surface area contributed by atoms with Crippen LogP contribution in [0.2, 0.25) is 0 Å². The minimum atomic E-state index is -1.16. The number of hydrogen-bond acceptors (Lipinski definition) is 3. The molecule has 5 heteroatoms. The van der Waals surface area contributed by atoms with E-state index in [1.54, 1.807) is 12.1 Å². The van der Waals surface area contributed by atoms with Gasteiger partial charge in [0.1, 0.15) is 0 Å². The van der Waals surface area contributed by atoms with E-state index in [9.17, 15) is 9.59 Å². The summed E-state index contributed by atoms with van der Waals surface area (Å²) < 4.78 is 1.09. The van der Waals surface area contributed by atoms with Gasteiger partial charge in [0.15, 0.2) is 5.69 Å². The molecule has 0 aliphatic rings. The van der Waals surface area contributed by atoms with E-state index in [-0.39, 0.29) is 11.3 Å². The molecule has 92 valence electrons. The molecule has 0 fully saturated rings. The van der Waals surface area contributed by atoms with Crippen LogP contribution in [-0.4, -0.2) is 20.9 Å². The minimum Gasteiger partial charge on any atom is -0.476 e. The Hall–Kier alpha value is -2.43. The first-order valence-electron chi connectivity index (χ1n) is 5.55. The first-order chi connectivity index (χ1) is 8.61. The Bertz CT molecular complexity index is 629. The second-order valence-electron chi connectivity index (χ2n) is 3.79. The van der Waals surface area contributed by atoms with E-state index < -0.39 is 5.97 Å². The van der Waals surface area contributed by atoms with Crippen molar-refractivity contribution in [2.75, 3.05) is 0 Å². The molecule has 5 nitrogen and oxygen atoms in total. The Morgan fingerprint density at radius 1 is 1.22 bits per heavy atom. The molecule has 0 aliphatic carbocycles. The number of aromatic nitrogens is 2. The van der Waals surface area contributed by atoms with Crippen LogP contribution < -0.4 is 5.56 Å². The third-order valence-corrected chi connectivity index (χ3v) is 2.61. The second kappa shape index (κ2) is 4.83. The summed E-state index contributed by atoms with van der Waals surface area (Å²) in [6.07, 6.45) is 0.901. The average Bonchev–Trinajstić information content (AvgIpc) is 2.39. The van der Waals surface area contributed by atoms with Crippen LogP contribution >= 0.6 is 0 Å². The van der Waals surface area contributed by atoms with Crippen molar-refractivity contribution >= 4 is 5.97 Å². The third-order valence-electron chi connectivity index (χ3n) is 2.61. The highest BCUT2D eigenvalue weighted by molar-refractivity contribution is 5.84. The molecule has 0 unspecified atom stereocenters. The van der Waals surface area contributed by atoms with E-state index in [0.29, 0.717) is 5.69 Å². The minimum absolute atomic E-state index is 0.158. The summed E-state index contributed by atoms with van der Waals surface area (Å²) in [5, 5.41) is 12.7. The predicted octanol–water partition coefficient (Wildman–Crippen LogP) is 1.49. The summed E-state index contributed by atoms with van der Waals surface area (Å²) in [5.74, 6) is -1.16. The molecule has 0 saturated heterocycles. The third kappa shape index (κ3) is 2.29. The van der Waals surface area contributed by atoms with Crippen LogP contribution in [0.3, 0.4) is 0 Å². The summed E-state index contributed by atoms with van der Waals surface area (Å²) in [6, 6.07) is 9.66. The van der Waals surface area contributed by atoms with E-state index in [4.69, 9.17) is 5.11 Å². The highest BCUT2D eigenvalue weighted by Gasteiger charge is 2.08. The molecule has 0 saturated carbocycles. The number of benzene rings is 1. The van der Waals surface area contributed by atoms with Crippen molar-refractivity contribution < 1.29 is 9.90 Å². The number of aromatic carboxylic acids is 1. The lowest BCUT2D eigenvalue weighted by Crippen LogP contribution is -2.22. The van der Waals surface area contributed by atoms with E-state index in [1.807, 2.05) is 19.1 Å². The second-order valence-corrected chi connectivity index (χ2v) is 3.79. The Balaban J connectivity index is 2.51. The normalized spacial score (nSPS) is 10.3. The fourth-order valence-electron chi connectivity index (χ4n) is 1.58. The quantitative estimate of drug-likeness (QED) is 0.887. The lowest BCUT2D eigenvalue weighted by molar-refractivity contribution is 0.0688. The maximum atomic E-state index is 11.7. The monoisotopic (exact) mass is 244 g/mol. The highest BCUT2D eigenvalue weighted by Crippen LogP contribution is 2.07. The number of carboxylic acid groups (broad SMARTS) is 1. The number of hydrogen-bond donors (Lipinski definition) is 1. The molecule has 2 aromatic rings. The zero-order valence-electron chi connectivity index (χ0n) is 9.83. The van der Waals surface area contributed by atoms with E-state index in [0.717, 1.165) is 16.7 Å². The molecule has 0 atom stereocenters. The van der Waals surface area contributed by atoms with Crippen molar-refractivity contribution in [3.63, 3.8) is 0 Å². The molecule has 1 aromatic carbocycles. The van der Waals surface area contributed by atoms with Gasteiger partial charge >= 0.3 is 5.97 Å². The largest absolute Gasteiger partial charge is 0.476 e. The van der Waals surface area contributed by atoms with Crippen molar-refractivity contribution in [2.24, 2.45) is 0 Å². The molecular formula is C13H12N2O3. The van der Waals surface area contributed by atoms with Crippen LogP contribution in [0.1, 0.15) is 23.0 Å². The topological polar surface area (TPSA) is 72.2 Å². The van der Waals surface area contributed by atoms with Crippen LogP contribution in [0.5, 0.6) is 0 Å². The first kappa shape index (κ1) is 12.0. The fourth-order valence-corrected chi connectivity index (χ4v) is 1.58. The van der Waals surface area contributed by atoms with Gasteiger partial charge in [-0.15, -0.1) is 0 Å². The van der Waals surface area contributed by atoms with Crippen molar-refractivity contribution in [3.8, 4) is 5.69 Å². The molecule has 1 N–H and O–H groups in total.